The third-order valence-corrected chi connectivity index (χ3v) is 4.09. The highest BCUT2D eigenvalue weighted by molar-refractivity contribution is 6.31. The lowest BCUT2D eigenvalue weighted by Gasteiger charge is -2.11. The molecule has 0 fully saturated rings. The lowest BCUT2D eigenvalue weighted by atomic mass is 10.2. The fraction of sp³-hybridized carbons (Fsp3) is 0. The largest absolute Gasteiger partial charge is 0.355 e. The van der Waals surface area contributed by atoms with Gasteiger partial charge in [-0.25, -0.2) is 14.4 Å². The van der Waals surface area contributed by atoms with E-state index in [0.717, 1.165) is 12.4 Å². The van der Waals surface area contributed by atoms with Crippen LogP contribution in [-0.4, -0.2) is 20.8 Å². The number of aromatic nitrogens is 2. The quantitative estimate of drug-likeness (QED) is 0.388. The smallest absolute Gasteiger partial charge is 0.334 e. The van der Waals surface area contributed by atoms with Gasteiger partial charge in [-0.2, -0.15) is 0 Å². The van der Waals surface area contributed by atoms with Gasteiger partial charge in [0.15, 0.2) is 0 Å². The van der Waals surface area contributed by atoms with Crippen LogP contribution < -0.4 is 16.2 Å². The summed E-state index contributed by atoms with van der Waals surface area (Å²) in [4.78, 5) is 30.6. The molecule has 0 saturated carbocycles. The number of nitrogens with zero attached hydrogens (tertiary/aromatic N) is 3. The van der Waals surface area contributed by atoms with Crippen molar-refractivity contribution in [3.05, 3.63) is 80.3 Å². The molecule has 0 bridgehead atoms. The molecule has 0 aliphatic rings. The zero-order chi connectivity index (χ0) is 21.0. The van der Waals surface area contributed by atoms with Gasteiger partial charge in [-0.1, -0.05) is 29.3 Å². The van der Waals surface area contributed by atoms with E-state index in [1.165, 1.54) is 24.3 Å². The number of carbonyl (C=O) groups is 1. The van der Waals surface area contributed by atoms with E-state index in [1.807, 2.05) is 0 Å². The second-order valence-electron chi connectivity index (χ2n) is 5.52. The fourth-order valence-electron chi connectivity index (χ4n) is 2.26. The Morgan fingerprint density at radius 2 is 1.86 bits per heavy atom. The van der Waals surface area contributed by atoms with E-state index in [1.54, 1.807) is 12.1 Å². The number of benzene rings is 2. The monoisotopic (exact) mass is 436 g/mol. The maximum Gasteiger partial charge on any atom is 0.355 e. The van der Waals surface area contributed by atoms with Crippen molar-refractivity contribution in [2.24, 2.45) is 0 Å². The molecule has 1 amide bonds. The van der Waals surface area contributed by atoms with Gasteiger partial charge in [-0.3, -0.25) is 25.8 Å². The number of hydrogen-bond donors (Lipinski definition) is 3. The van der Waals surface area contributed by atoms with Gasteiger partial charge < -0.3 is 5.32 Å². The number of nitro groups is 1. The van der Waals surface area contributed by atoms with Gasteiger partial charge in [0, 0.05) is 16.3 Å². The molecule has 0 saturated heterocycles. The fourth-order valence-corrected chi connectivity index (χ4v) is 2.63. The molecule has 0 spiro atoms. The lowest BCUT2D eigenvalue weighted by molar-refractivity contribution is -0.383. The Kier molecular flexibility index (Phi) is 6.05. The minimum absolute atomic E-state index is 0.168. The molecule has 0 aliphatic heterocycles. The summed E-state index contributed by atoms with van der Waals surface area (Å²) < 4.78 is 13.3. The Morgan fingerprint density at radius 1 is 1.10 bits per heavy atom. The topological polar surface area (TPSA) is 122 Å². The summed E-state index contributed by atoms with van der Waals surface area (Å²) in [5, 5.41) is 14.4. The van der Waals surface area contributed by atoms with Gasteiger partial charge in [0.1, 0.15) is 12.1 Å². The molecule has 29 heavy (non-hydrogen) atoms. The maximum absolute atomic E-state index is 13.3. The second-order valence-corrected chi connectivity index (χ2v) is 6.36. The molecule has 3 aromatic rings. The Hall–Kier alpha value is -3.50. The van der Waals surface area contributed by atoms with Crippen molar-refractivity contribution < 1.29 is 14.1 Å². The summed E-state index contributed by atoms with van der Waals surface area (Å²) in [5.74, 6) is -1.68. The van der Waals surface area contributed by atoms with E-state index in [-0.39, 0.29) is 27.9 Å². The zero-order valence-electron chi connectivity index (χ0n) is 14.3. The number of halogens is 3. The first-order valence-electron chi connectivity index (χ1n) is 7.88. The van der Waals surface area contributed by atoms with Crippen LogP contribution in [-0.2, 0) is 0 Å². The standard InChI is InChI=1S/C17H11Cl2FN6O3/c18-10-3-1-2-9(6-10)17(27)25-24-16-14(26(28)29)15(21-8-22-16)23-11-4-5-13(20)12(19)7-11/h1-8H,(H,25,27)(H2,21,22,23,24). The average molecular weight is 437 g/mol. The minimum Gasteiger partial charge on any atom is -0.334 e. The van der Waals surface area contributed by atoms with Gasteiger partial charge in [0.2, 0.25) is 11.6 Å². The number of hydrogen-bond acceptors (Lipinski definition) is 7. The van der Waals surface area contributed by atoms with Crippen LogP contribution in [0.5, 0.6) is 0 Å². The van der Waals surface area contributed by atoms with E-state index in [4.69, 9.17) is 23.2 Å². The highest BCUT2D eigenvalue weighted by Gasteiger charge is 2.24. The number of rotatable bonds is 6. The SMILES string of the molecule is O=C(NNc1ncnc(Nc2ccc(F)c(Cl)c2)c1[N+](=O)[O-])c1cccc(Cl)c1. The van der Waals surface area contributed by atoms with E-state index < -0.39 is 22.3 Å². The van der Waals surface area contributed by atoms with Crippen LogP contribution in [0, 0.1) is 15.9 Å². The molecule has 1 heterocycles. The van der Waals surface area contributed by atoms with Crippen LogP contribution in [0.1, 0.15) is 10.4 Å². The van der Waals surface area contributed by atoms with Crippen LogP contribution in [0.4, 0.5) is 27.4 Å². The first kappa shape index (κ1) is 20.2. The number of hydrazine groups is 1. The average Bonchev–Trinajstić information content (AvgIpc) is 2.68. The third kappa shape index (κ3) is 4.86. The van der Waals surface area contributed by atoms with E-state index in [0.29, 0.717) is 5.02 Å². The summed E-state index contributed by atoms with van der Waals surface area (Å²) in [7, 11) is 0. The van der Waals surface area contributed by atoms with Crippen molar-refractivity contribution in [2.75, 3.05) is 10.7 Å². The highest BCUT2D eigenvalue weighted by atomic mass is 35.5. The number of anilines is 3. The van der Waals surface area contributed by atoms with Crippen molar-refractivity contribution in [3.8, 4) is 0 Å². The molecule has 1 aromatic heterocycles. The molecule has 0 atom stereocenters. The predicted molar refractivity (Wildman–Crippen MR) is 106 cm³/mol. The molecule has 0 aliphatic carbocycles. The normalized spacial score (nSPS) is 10.3. The summed E-state index contributed by atoms with van der Waals surface area (Å²) in [6.45, 7) is 0. The third-order valence-electron chi connectivity index (χ3n) is 3.57. The van der Waals surface area contributed by atoms with E-state index >= 15 is 0 Å². The Labute approximate surface area is 173 Å². The van der Waals surface area contributed by atoms with Gasteiger partial charge in [-0.15, -0.1) is 0 Å². The molecule has 12 heteroatoms. The first-order chi connectivity index (χ1) is 13.8. The van der Waals surface area contributed by atoms with Gasteiger partial charge in [-0.05, 0) is 36.4 Å². The van der Waals surface area contributed by atoms with E-state index in [2.05, 4.69) is 26.1 Å². The van der Waals surface area contributed by atoms with Crippen molar-refractivity contribution in [3.63, 3.8) is 0 Å². The van der Waals surface area contributed by atoms with Crippen LogP contribution in [0.3, 0.4) is 0 Å². The predicted octanol–water partition coefficient (Wildman–Crippen LogP) is 4.33. The molecule has 0 radical (unpaired) electrons. The summed E-state index contributed by atoms with van der Waals surface area (Å²) in [6, 6.07) is 9.81. The van der Waals surface area contributed by atoms with Gasteiger partial charge in [0.25, 0.3) is 5.91 Å². The van der Waals surface area contributed by atoms with Crippen LogP contribution in [0.25, 0.3) is 0 Å². The number of carbonyl (C=O) groups excluding carboxylic acids is 1. The zero-order valence-corrected chi connectivity index (χ0v) is 15.8. The summed E-state index contributed by atoms with van der Waals surface area (Å²) >= 11 is 11.6. The maximum atomic E-state index is 13.3. The number of amides is 1. The van der Waals surface area contributed by atoms with Crippen molar-refractivity contribution >= 4 is 52.1 Å². The first-order valence-corrected chi connectivity index (χ1v) is 8.64. The molecule has 148 valence electrons. The molecule has 3 N–H and O–H groups in total. The summed E-state index contributed by atoms with van der Waals surface area (Å²) in [5.41, 5.74) is 4.67. The molecule has 0 unspecified atom stereocenters. The van der Waals surface area contributed by atoms with Crippen molar-refractivity contribution in [1.82, 2.24) is 15.4 Å². The molecule has 9 nitrogen and oxygen atoms in total. The van der Waals surface area contributed by atoms with Gasteiger partial charge >= 0.3 is 5.69 Å². The Balaban J connectivity index is 1.83. The lowest BCUT2D eigenvalue weighted by Crippen LogP contribution is -2.30. The van der Waals surface area contributed by atoms with E-state index in [9.17, 15) is 19.3 Å². The van der Waals surface area contributed by atoms with Crippen LogP contribution in [0.2, 0.25) is 10.0 Å². The van der Waals surface area contributed by atoms with Crippen molar-refractivity contribution in [2.45, 2.75) is 0 Å². The van der Waals surface area contributed by atoms with Crippen LogP contribution >= 0.6 is 23.2 Å². The number of nitrogens with one attached hydrogen (secondary N) is 3. The molecular formula is C17H11Cl2FN6O3. The second kappa shape index (κ2) is 8.67. The Morgan fingerprint density at radius 3 is 2.55 bits per heavy atom. The molecule has 2 aromatic carbocycles. The summed E-state index contributed by atoms with van der Waals surface area (Å²) in [6.07, 6.45) is 1.05. The Bertz CT molecular complexity index is 1100. The van der Waals surface area contributed by atoms with Crippen molar-refractivity contribution in [1.29, 1.82) is 0 Å². The van der Waals surface area contributed by atoms with Crippen LogP contribution in [0.15, 0.2) is 48.8 Å². The molecule has 3 rings (SSSR count). The molecular weight excluding hydrogens is 426 g/mol. The minimum atomic E-state index is -0.735. The van der Waals surface area contributed by atoms with Gasteiger partial charge in [0.05, 0.1) is 9.95 Å². The highest BCUT2D eigenvalue weighted by Crippen LogP contribution is 2.31.